The number of rotatable bonds is 7. The van der Waals surface area contributed by atoms with Crippen molar-refractivity contribution in [2.45, 2.75) is 81.3 Å². The van der Waals surface area contributed by atoms with Crippen LogP contribution in [-0.4, -0.2) is 39.6 Å². The number of esters is 1. The molecule has 5 atom stereocenters. The lowest BCUT2D eigenvalue weighted by Crippen LogP contribution is -2.71. The number of fused-ring (bicyclic) bond motifs is 1. The molecule has 42 heavy (non-hydrogen) atoms. The summed E-state index contributed by atoms with van der Waals surface area (Å²) in [6.45, 7) is 0. The average Bonchev–Trinajstić information content (AvgIpc) is 3.70. The van der Waals surface area contributed by atoms with Crippen molar-refractivity contribution >= 4 is 28.5 Å². The van der Waals surface area contributed by atoms with Crippen LogP contribution in [-0.2, 0) is 39.1 Å². The summed E-state index contributed by atoms with van der Waals surface area (Å²) < 4.78 is 12.4. The van der Waals surface area contributed by atoms with E-state index in [1.165, 1.54) is 12.8 Å². The molecule has 3 saturated carbocycles. The topological polar surface area (TPSA) is 110 Å². The van der Waals surface area contributed by atoms with Crippen LogP contribution in [0.25, 0.3) is 10.8 Å². The van der Waals surface area contributed by atoms with E-state index in [4.69, 9.17) is 9.47 Å². The maximum atomic E-state index is 13.4. The highest BCUT2D eigenvalue weighted by molar-refractivity contribution is 5.94. The Morgan fingerprint density at radius 2 is 1.74 bits per heavy atom. The number of Topliss-reactive ketones (excluding diaryl/α,β-unsaturated/α-hetero) is 1. The molecular weight excluding hydrogens is 532 g/mol. The maximum Gasteiger partial charge on any atom is 0.315 e. The number of ether oxygens (including phenoxy) is 2. The van der Waals surface area contributed by atoms with Gasteiger partial charge in [-0.1, -0.05) is 55.3 Å². The number of carboxylic acids is 1. The summed E-state index contributed by atoms with van der Waals surface area (Å²) in [5.74, 6) is 0.616. The van der Waals surface area contributed by atoms with E-state index in [-0.39, 0.29) is 30.3 Å². The molecule has 1 heterocycles. The fourth-order valence-corrected chi connectivity index (χ4v) is 9.17. The van der Waals surface area contributed by atoms with E-state index < -0.39 is 29.1 Å². The van der Waals surface area contributed by atoms with Gasteiger partial charge in [0, 0.05) is 12.0 Å². The zero-order valence-electron chi connectivity index (χ0n) is 23.4. The first-order valence-corrected chi connectivity index (χ1v) is 15.3. The minimum atomic E-state index is -1.01. The van der Waals surface area contributed by atoms with Crippen molar-refractivity contribution in [1.29, 1.82) is 0 Å². The Kier molecular flexibility index (Phi) is 5.65. The molecule has 0 radical (unpaired) electrons. The summed E-state index contributed by atoms with van der Waals surface area (Å²) in [4.78, 5) is 38.3. The van der Waals surface area contributed by atoms with Crippen molar-refractivity contribution in [3.05, 3.63) is 70.8 Å². The van der Waals surface area contributed by atoms with Crippen molar-refractivity contribution < 1.29 is 34.1 Å². The predicted molar refractivity (Wildman–Crippen MR) is 154 cm³/mol. The fourth-order valence-electron chi connectivity index (χ4n) is 9.17. The molecule has 1 spiro atoms. The van der Waals surface area contributed by atoms with Gasteiger partial charge >= 0.3 is 11.9 Å². The molecule has 5 aliphatic rings. The van der Waals surface area contributed by atoms with Gasteiger partial charge in [0.15, 0.2) is 23.4 Å². The van der Waals surface area contributed by atoms with Crippen molar-refractivity contribution in [1.82, 2.24) is 0 Å². The van der Waals surface area contributed by atoms with Gasteiger partial charge in [0.05, 0.1) is 23.9 Å². The number of hydrogen-bond donors (Lipinski definition) is 2. The molecular formula is C35H34O7. The maximum absolute atomic E-state index is 13.4. The fraction of sp³-hybridized carbons (Fsp3) is 0.457. The Balaban J connectivity index is 1.15. The normalized spacial score (nSPS) is 30.5. The van der Waals surface area contributed by atoms with Crippen molar-refractivity contribution in [3.63, 3.8) is 0 Å². The molecule has 3 aromatic rings. The lowest BCUT2D eigenvalue weighted by Gasteiger charge is -2.61. The first-order valence-electron chi connectivity index (χ1n) is 15.3. The van der Waals surface area contributed by atoms with Crippen LogP contribution in [0.3, 0.4) is 0 Å². The Labute approximate surface area is 243 Å². The molecule has 7 nitrogen and oxygen atoms in total. The third-order valence-electron chi connectivity index (χ3n) is 11.0. The van der Waals surface area contributed by atoms with Crippen LogP contribution in [0.2, 0.25) is 0 Å². The number of hydrogen-bond acceptors (Lipinski definition) is 6. The largest absolute Gasteiger partial charge is 0.481 e. The van der Waals surface area contributed by atoms with Gasteiger partial charge in [0.2, 0.25) is 0 Å². The number of aliphatic carboxylic acids is 1. The number of carboxylic acid groups (broad SMARTS) is 1. The third kappa shape index (κ3) is 3.65. The van der Waals surface area contributed by atoms with Crippen LogP contribution in [0.1, 0.15) is 67.2 Å². The second-order valence-corrected chi connectivity index (χ2v) is 13.2. The molecule has 3 aromatic carbocycles. The Morgan fingerprint density at radius 1 is 0.976 bits per heavy atom. The Morgan fingerprint density at radius 3 is 2.48 bits per heavy atom. The van der Waals surface area contributed by atoms with E-state index >= 15 is 0 Å². The zero-order chi connectivity index (χ0) is 28.8. The molecule has 7 heteroatoms. The van der Waals surface area contributed by atoms with E-state index in [1.807, 2.05) is 36.4 Å². The summed E-state index contributed by atoms with van der Waals surface area (Å²) >= 11 is 0. The highest BCUT2D eigenvalue weighted by atomic mass is 16.6. The van der Waals surface area contributed by atoms with Gasteiger partial charge in [-0.25, -0.2) is 0 Å². The molecule has 3 fully saturated rings. The van der Waals surface area contributed by atoms with Crippen molar-refractivity contribution in [3.8, 4) is 11.5 Å². The van der Waals surface area contributed by atoms with Gasteiger partial charge < -0.3 is 19.7 Å². The average molecular weight is 567 g/mol. The van der Waals surface area contributed by atoms with Gasteiger partial charge in [0.25, 0.3) is 0 Å². The van der Waals surface area contributed by atoms with Gasteiger partial charge in [-0.15, -0.1) is 0 Å². The Hall–Kier alpha value is -3.71. The smallest absolute Gasteiger partial charge is 0.315 e. The number of aliphatic hydroxyl groups is 1. The monoisotopic (exact) mass is 566 g/mol. The summed E-state index contributed by atoms with van der Waals surface area (Å²) in [5.41, 5.74) is 1.52. The lowest BCUT2D eigenvalue weighted by atomic mass is 9.43. The summed E-state index contributed by atoms with van der Waals surface area (Å²) in [5, 5.41) is 23.5. The number of benzene rings is 3. The molecule has 0 amide bonds. The second-order valence-electron chi connectivity index (χ2n) is 13.2. The molecule has 2 bridgehead atoms. The summed E-state index contributed by atoms with van der Waals surface area (Å²) in [6, 6.07) is 14.9. The number of carbonyl (C=O) groups excluding carboxylic acids is 2. The molecule has 0 aromatic heterocycles. The van der Waals surface area contributed by atoms with Gasteiger partial charge in [-0.3, -0.25) is 14.4 Å². The lowest BCUT2D eigenvalue weighted by molar-refractivity contribution is -0.189. The third-order valence-corrected chi connectivity index (χ3v) is 11.0. The highest BCUT2D eigenvalue weighted by Gasteiger charge is 2.73. The Bertz CT molecular complexity index is 1670. The molecule has 216 valence electrons. The number of carbonyl (C=O) groups is 3. The molecule has 0 saturated heterocycles. The van der Waals surface area contributed by atoms with Crippen molar-refractivity contribution in [2.75, 3.05) is 0 Å². The van der Waals surface area contributed by atoms with Gasteiger partial charge in [0.1, 0.15) is 0 Å². The standard InChI is InChI=1S/C35H34O7/c36-26-12-14-35(40)25-16-24-9-10-27(32-31(24)34(35,33(26)42-32)13-11-21(25)15-19-7-8-19)41-29(39)18-23-6-2-4-20-3-1-5-22(30(20)23)17-28(37)38/h1-6,9-10,19,21,25,33,40H,7-8,11-18H2,(H,37,38)/t21?,25-,33-,34-,35+/m0/s1. The van der Waals surface area contributed by atoms with E-state index in [0.29, 0.717) is 42.1 Å². The van der Waals surface area contributed by atoms with Crippen LogP contribution < -0.4 is 9.47 Å². The zero-order valence-corrected chi connectivity index (χ0v) is 23.4. The van der Waals surface area contributed by atoms with Gasteiger partial charge in [-0.2, -0.15) is 0 Å². The van der Waals surface area contributed by atoms with Crippen molar-refractivity contribution in [2.24, 2.45) is 17.8 Å². The molecule has 8 rings (SSSR count). The SMILES string of the molecule is O=C(O)Cc1cccc2cccc(CC(=O)Oc3ccc4c5c3O[C@H]3C(=O)CC[C@@]6(O)[C@@H](C4)C(CC4CC4)CC[C@]536)c12. The number of ketones is 1. The minimum absolute atomic E-state index is 0.0158. The molecule has 4 aliphatic carbocycles. The predicted octanol–water partition coefficient (Wildman–Crippen LogP) is 5.09. The van der Waals surface area contributed by atoms with Crippen LogP contribution >= 0.6 is 0 Å². The van der Waals surface area contributed by atoms with Crippen LogP contribution in [0.5, 0.6) is 11.5 Å². The summed E-state index contributed by atoms with van der Waals surface area (Å²) in [7, 11) is 0. The second kappa shape index (κ2) is 9.14. The van der Waals surface area contributed by atoms with Gasteiger partial charge in [-0.05, 0) is 83.4 Å². The van der Waals surface area contributed by atoms with E-state index in [9.17, 15) is 24.6 Å². The minimum Gasteiger partial charge on any atom is -0.481 e. The quantitative estimate of drug-likeness (QED) is 0.303. The molecule has 1 unspecified atom stereocenters. The van der Waals surface area contributed by atoms with E-state index in [1.54, 1.807) is 12.1 Å². The van der Waals surface area contributed by atoms with E-state index in [2.05, 4.69) is 0 Å². The van der Waals surface area contributed by atoms with Crippen LogP contribution in [0.4, 0.5) is 0 Å². The van der Waals surface area contributed by atoms with Crippen LogP contribution in [0.15, 0.2) is 48.5 Å². The van der Waals surface area contributed by atoms with E-state index in [0.717, 1.165) is 47.1 Å². The molecule has 2 N–H and O–H groups in total. The first kappa shape index (κ1) is 26.0. The van der Waals surface area contributed by atoms with Crippen LogP contribution in [0, 0.1) is 17.8 Å². The molecule has 1 aliphatic heterocycles. The first-order chi connectivity index (χ1) is 20.3. The highest BCUT2D eigenvalue weighted by Crippen LogP contribution is 2.68. The summed E-state index contributed by atoms with van der Waals surface area (Å²) in [6.07, 6.45) is 5.95.